The van der Waals surface area contributed by atoms with Gasteiger partial charge in [-0.1, -0.05) is 49.1 Å². The van der Waals surface area contributed by atoms with Crippen molar-refractivity contribution in [2.45, 2.75) is 45.4 Å². The molecule has 2 aromatic rings. The van der Waals surface area contributed by atoms with Gasteiger partial charge in [0.05, 0.1) is 38.5 Å². The molecule has 0 saturated heterocycles. The van der Waals surface area contributed by atoms with Gasteiger partial charge < -0.3 is 24.2 Å². The number of methoxy groups -OCH3 is 2. The fourth-order valence-corrected chi connectivity index (χ4v) is 4.41. The van der Waals surface area contributed by atoms with E-state index < -0.39 is 17.9 Å². The van der Waals surface area contributed by atoms with Gasteiger partial charge in [-0.3, -0.25) is 9.59 Å². The van der Waals surface area contributed by atoms with Crippen LogP contribution in [-0.2, 0) is 28.6 Å². The number of anilines is 1. The van der Waals surface area contributed by atoms with Crippen molar-refractivity contribution < 1.29 is 33.7 Å². The first-order valence-electron chi connectivity index (χ1n) is 12.8. The zero-order valence-electron chi connectivity index (χ0n) is 23.1. The lowest BCUT2D eigenvalue weighted by molar-refractivity contribution is -0.140. The third-order valence-corrected chi connectivity index (χ3v) is 6.93. The van der Waals surface area contributed by atoms with E-state index in [1.165, 1.54) is 32.4 Å². The fourth-order valence-electron chi connectivity index (χ4n) is 3.39. The lowest BCUT2D eigenvalue weighted by Crippen LogP contribution is -2.29. The molecule has 220 valence electrons. The molecule has 1 aromatic carbocycles. The minimum absolute atomic E-state index is 0.0267. The van der Waals surface area contributed by atoms with E-state index >= 15 is 0 Å². The normalized spacial score (nSPS) is 11.2. The van der Waals surface area contributed by atoms with Crippen LogP contribution in [-0.4, -0.2) is 61.9 Å². The molecule has 1 heterocycles. The van der Waals surface area contributed by atoms with Gasteiger partial charge >= 0.3 is 17.9 Å². The quantitative estimate of drug-likeness (QED) is 0.0610. The molecular formula is C27H32ClN5O7S. The van der Waals surface area contributed by atoms with Crippen LogP contribution < -0.4 is 4.90 Å². The summed E-state index contributed by atoms with van der Waals surface area (Å²) in [5, 5.41) is 28.1. The van der Waals surface area contributed by atoms with Gasteiger partial charge in [-0.05, 0) is 24.6 Å². The Morgan fingerprint density at radius 1 is 1.12 bits per heavy atom. The number of aromatic hydroxyl groups is 1. The number of phenolic OH excluding ortho intramolecular Hbond substituents is 1. The molecule has 0 aliphatic heterocycles. The Morgan fingerprint density at radius 3 is 2.39 bits per heavy atom. The summed E-state index contributed by atoms with van der Waals surface area (Å²) in [5.74, 6) is -1.78. The Morgan fingerprint density at radius 2 is 1.80 bits per heavy atom. The highest BCUT2D eigenvalue weighted by atomic mass is 35.5. The molecule has 0 spiro atoms. The number of aromatic nitrogens is 1. The number of rotatable bonds is 16. The third-order valence-electron chi connectivity index (χ3n) is 5.64. The summed E-state index contributed by atoms with van der Waals surface area (Å²) >= 11 is 7.17. The number of carbonyl (C=O) groups is 3. The Bertz CT molecular complexity index is 1290. The number of benzene rings is 1. The molecule has 0 bridgehead atoms. The number of azo groups is 1. The monoisotopic (exact) mass is 605 g/mol. The highest BCUT2D eigenvalue weighted by Crippen LogP contribution is 2.35. The van der Waals surface area contributed by atoms with Gasteiger partial charge in [-0.2, -0.15) is 5.26 Å². The standard InChI is InChI=1S/C27H32ClN5O7S/c1-4-5-6-7-14-40-26(37)18(17-29)15-22-25(28)30-27(41-22)32-31-20-9-8-19(16-21(20)34)33(12-10-23(35)38-2)13-11-24(36)39-3/h8-9,15-16,34H,4-7,10-14H2,1-3H3/b18-15+,32-31+. The summed E-state index contributed by atoms with van der Waals surface area (Å²) in [6.07, 6.45) is 5.19. The van der Waals surface area contributed by atoms with Crippen LogP contribution in [0.25, 0.3) is 6.08 Å². The van der Waals surface area contributed by atoms with Crippen molar-refractivity contribution in [1.82, 2.24) is 4.98 Å². The number of thiazole rings is 1. The molecular weight excluding hydrogens is 574 g/mol. The summed E-state index contributed by atoms with van der Waals surface area (Å²) in [6.45, 7) is 2.80. The van der Waals surface area contributed by atoms with Crippen LogP contribution in [0.4, 0.5) is 16.5 Å². The van der Waals surface area contributed by atoms with Crippen molar-refractivity contribution in [3.63, 3.8) is 0 Å². The number of unbranched alkanes of at least 4 members (excludes halogenated alkanes) is 3. The van der Waals surface area contributed by atoms with Crippen molar-refractivity contribution in [2.75, 3.05) is 38.8 Å². The number of phenols is 1. The molecule has 41 heavy (non-hydrogen) atoms. The van der Waals surface area contributed by atoms with Crippen molar-refractivity contribution >= 4 is 63.4 Å². The predicted molar refractivity (Wildman–Crippen MR) is 154 cm³/mol. The Labute approximate surface area is 247 Å². The second-order valence-electron chi connectivity index (χ2n) is 8.53. The third kappa shape index (κ3) is 11.2. The van der Waals surface area contributed by atoms with Gasteiger partial charge in [0.2, 0.25) is 5.13 Å². The van der Waals surface area contributed by atoms with Crippen molar-refractivity contribution in [3.8, 4) is 11.8 Å². The molecule has 0 unspecified atom stereocenters. The minimum Gasteiger partial charge on any atom is -0.506 e. The Hall–Kier alpha value is -4.02. The molecule has 0 aliphatic rings. The molecule has 14 heteroatoms. The van der Waals surface area contributed by atoms with Crippen LogP contribution >= 0.6 is 22.9 Å². The van der Waals surface area contributed by atoms with Crippen LogP contribution in [0, 0.1) is 11.3 Å². The molecule has 12 nitrogen and oxygen atoms in total. The minimum atomic E-state index is -0.742. The second-order valence-corrected chi connectivity index (χ2v) is 9.90. The molecule has 2 rings (SSSR count). The molecule has 1 N–H and O–H groups in total. The van der Waals surface area contributed by atoms with E-state index in [1.54, 1.807) is 11.0 Å². The van der Waals surface area contributed by atoms with E-state index in [1.807, 2.05) is 6.07 Å². The highest BCUT2D eigenvalue weighted by Gasteiger charge is 2.16. The summed E-state index contributed by atoms with van der Waals surface area (Å²) in [5.41, 5.74) is 0.453. The zero-order chi connectivity index (χ0) is 30.2. The number of nitrogens with zero attached hydrogens (tertiary/aromatic N) is 5. The van der Waals surface area contributed by atoms with E-state index in [4.69, 9.17) is 16.3 Å². The summed E-state index contributed by atoms with van der Waals surface area (Å²) in [6, 6.07) is 6.41. The predicted octanol–water partition coefficient (Wildman–Crippen LogP) is 5.88. The number of esters is 3. The largest absolute Gasteiger partial charge is 0.506 e. The molecule has 0 atom stereocenters. The van der Waals surface area contributed by atoms with Crippen LogP contribution in [0.1, 0.15) is 50.3 Å². The number of nitriles is 1. The Balaban J connectivity index is 2.14. The summed E-state index contributed by atoms with van der Waals surface area (Å²) in [7, 11) is 2.57. The van der Waals surface area contributed by atoms with Gasteiger partial charge in [0.1, 0.15) is 28.2 Å². The van der Waals surface area contributed by atoms with Crippen molar-refractivity contribution in [3.05, 3.63) is 33.8 Å². The van der Waals surface area contributed by atoms with Crippen LogP contribution in [0.3, 0.4) is 0 Å². The molecule has 0 fully saturated rings. The number of hydrogen-bond donors (Lipinski definition) is 1. The lowest BCUT2D eigenvalue weighted by atomic mass is 10.2. The maximum Gasteiger partial charge on any atom is 0.348 e. The van der Waals surface area contributed by atoms with Crippen molar-refractivity contribution in [2.24, 2.45) is 10.2 Å². The molecule has 0 aliphatic carbocycles. The van der Waals surface area contributed by atoms with E-state index in [-0.39, 0.29) is 59.8 Å². The number of carbonyl (C=O) groups excluding carboxylic acids is 3. The first kappa shape index (κ1) is 33.2. The number of hydrogen-bond acceptors (Lipinski definition) is 13. The van der Waals surface area contributed by atoms with Gasteiger partial charge in [0.25, 0.3) is 0 Å². The van der Waals surface area contributed by atoms with Crippen molar-refractivity contribution in [1.29, 1.82) is 5.26 Å². The average molecular weight is 606 g/mol. The summed E-state index contributed by atoms with van der Waals surface area (Å²) < 4.78 is 14.5. The van der Waals surface area contributed by atoms with Gasteiger partial charge in [-0.15, -0.1) is 10.2 Å². The van der Waals surface area contributed by atoms with E-state index in [9.17, 15) is 24.8 Å². The summed E-state index contributed by atoms with van der Waals surface area (Å²) in [4.78, 5) is 41.6. The maximum atomic E-state index is 12.2. The van der Waals surface area contributed by atoms with Gasteiger partial charge in [-0.25, -0.2) is 9.78 Å². The first-order valence-corrected chi connectivity index (χ1v) is 14.0. The number of halogens is 1. The molecule has 0 radical (unpaired) electrons. The van der Waals surface area contributed by atoms with Gasteiger partial charge in [0.15, 0.2) is 0 Å². The smallest absolute Gasteiger partial charge is 0.348 e. The lowest BCUT2D eigenvalue weighted by Gasteiger charge is -2.24. The van der Waals surface area contributed by atoms with Crippen LogP contribution in [0.15, 0.2) is 34.0 Å². The molecule has 0 saturated carbocycles. The first-order chi connectivity index (χ1) is 19.7. The van der Waals surface area contributed by atoms with E-state index in [0.29, 0.717) is 10.6 Å². The zero-order valence-corrected chi connectivity index (χ0v) is 24.7. The Kier molecular flexibility index (Phi) is 14.3. The topological polar surface area (TPSA) is 164 Å². The SMILES string of the molecule is CCCCCCOC(=O)/C(C#N)=C/c1sc(/N=N/c2ccc(N(CCC(=O)OC)CCC(=O)OC)cc2O)nc1Cl. The maximum absolute atomic E-state index is 12.2. The highest BCUT2D eigenvalue weighted by molar-refractivity contribution is 7.16. The fraction of sp³-hybridized carbons (Fsp3) is 0.444. The van der Waals surface area contributed by atoms with Gasteiger partial charge in [0, 0.05) is 24.8 Å². The van der Waals surface area contributed by atoms with Crippen LogP contribution in [0.5, 0.6) is 5.75 Å². The van der Waals surface area contributed by atoms with E-state index in [0.717, 1.165) is 37.0 Å². The number of ether oxygens (including phenoxy) is 3. The molecule has 1 aromatic heterocycles. The average Bonchev–Trinajstić information content (AvgIpc) is 3.32. The molecule has 0 amide bonds. The van der Waals surface area contributed by atoms with Crippen LogP contribution in [0.2, 0.25) is 5.15 Å². The second kappa shape index (κ2) is 17.6. The van der Waals surface area contributed by atoms with E-state index in [2.05, 4.69) is 31.6 Å².